The summed E-state index contributed by atoms with van der Waals surface area (Å²) >= 11 is 0. The van der Waals surface area contributed by atoms with Crippen molar-refractivity contribution < 1.29 is 19.1 Å². The first-order valence-electron chi connectivity index (χ1n) is 14.3. The maximum Gasteiger partial charge on any atom is 0.355 e. The lowest BCUT2D eigenvalue weighted by atomic mass is 9.85. The van der Waals surface area contributed by atoms with Crippen LogP contribution in [0.25, 0.3) is 22.3 Å². The van der Waals surface area contributed by atoms with Crippen LogP contribution in [0.5, 0.6) is 0 Å². The zero-order chi connectivity index (χ0) is 29.9. The first-order valence-corrected chi connectivity index (χ1v) is 17.5. The zero-order valence-corrected chi connectivity index (χ0v) is 25.8. The van der Waals surface area contributed by atoms with Gasteiger partial charge in [-0.2, -0.15) is 0 Å². The monoisotopic (exact) mass is 576 g/mol. The molecule has 0 fully saturated rings. The number of carbonyl (C=O) groups is 2. The Morgan fingerprint density at radius 1 is 1.20 bits per heavy atom. The molecule has 0 saturated heterocycles. The number of nitrogens with two attached hydrogens (primary N) is 2. The summed E-state index contributed by atoms with van der Waals surface area (Å²) in [5, 5.41) is 2.30. The Balaban J connectivity index is 1.76. The third-order valence-electron chi connectivity index (χ3n) is 8.49. The number of fused-ring (bicyclic) bond motifs is 5. The molecule has 10 heteroatoms. The van der Waals surface area contributed by atoms with Crippen LogP contribution in [0, 0.1) is 5.41 Å². The lowest BCUT2D eigenvalue weighted by Gasteiger charge is -2.35. The van der Waals surface area contributed by atoms with Crippen molar-refractivity contribution in [3.63, 3.8) is 0 Å². The van der Waals surface area contributed by atoms with Gasteiger partial charge in [-0.1, -0.05) is 53.3 Å². The number of esters is 2. The van der Waals surface area contributed by atoms with Gasteiger partial charge in [0.2, 0.25) is 5.60 Å². The quantitative estimate of drug-likeness (QED) is 0.192. The molecule has 9 nitrogen and oxygen atoms in total. The second kappa shape index (κ2) is 10.1. The first-order chi connectivity index (χ1) is 19.2. The van der Waals surface area contributed by atoms with E-state index in [0.717, 1.165) is 34.6 Å². The molecule has 0 aliphatic carbocycles. The number of ether oxygens (including phenoxy) is 2. The molecule has 0 radical (unpaired) electrons. The van der Waals surface area contributed by atoms with E-state index < -0.39 is 25.6 Å². The highest BCUT2D eigenvalue weighted by Gasteiger charge is 2.50. The molecule has 1 aromatic carbocycles. The maximum atomic E-state index is 14.0. The maximum absolute atomic E-state index is 14.0. The van der Waals surface area contributed by atoms with Crippen LogP contribution in [0.2, 0.25) is 19.1 Å². The van der Waals surface area contributed by atoms with Gasteiger partial charge in [0.1, 0.15) is 6.61 Å². The molecule has 4 heterocycles. The van der Waals surface area contributed by atoms with Gasteiger partial charge in [-0.3, -0.25) is 9.59 Å². The van der Waals surface area contributed by atoms with Crippen LogP contribution < -0.4 is 22.2 Å². The number of hydrogen-bond donors (Lipinski definition) is 2. The summed E-state index contributed by atoms with van der Waals surface area (Å²) in [5.74, 6) is -1.30. The Morgan fingerprint density at radius 2 is 1.93 bits per heavy atom. The molecule has 1 atom stereocenters. The highest BCUT2D eigenvalue weighted by Crippen LogP contribution is 2.41. The van der Waals surface area contributed by atoms with Crippen LogP contribution in [-0.2, 0) is 37.8 Å². The molecule has 0 spiro atoms. The fourth-order valence-corrected chi connectivity index (χ4v) is 9.77. The van der Waals surface area contributed by atoms with E-state index in [9.17, 15) is 14.4 Å². The van der Waals surface area contributed by atoms with Gasteiger partial charge in [0, 0.05) is 23.2 Å². The van der Waals surface area contributed by atoms with Crippen molar-refractivity contribution in [3.8, 4) is 11.4 Å². The second-order valence-electron chi connectivity index (χ2n) is 13.1. The van der Waals surface area contributed by atoms with Crippen LogP contribution >= 0.6 is 0 Å². The van der Waals surface area contributed by atoms with Crippen molar-refractivity contribution in [2.24, 2.45) is 11.1 Å². The molecule has 0 bridgehead atoms. The highest BCUT2D eigenvalue weighted by atomic mass is 28.3. The van der Waals surface area contributed by atoms with E-state index in [0.29, 0.717) is 29.1 Å². The summed E-state index contributed by atoms with van der Waals surface area (Å²) in [7, 11) is -2.07. The largest absolute Gasteiger partial charge is 0.457 e. The molecular formula is C31H40N4O5Si. The average Bonchev–Trinajstić information content (AvgIpc) is 3.26. The molecule has 2 aliphatic heterocycles. The standard InChI is InChI=1S/C31H40N4O5Si/c1-7-31(40-25(36)10-12-32)22-15-24-26-20(16-35(24)28(37)21(22)17-39-29(31)38)27(41(5,6)13-11-30(2,3)4)19-14-18(33)8-9-23(19)34-26/h8-9,14-15H,7,10-13,16-17,32-33H2,1-6H3/t31-/m0/s1. The topological polar surface area (TPSA) is 140 Å². The van der Waals surface area contributed by atoms with Gasteiger partial charge >= 0.3 is 11.9 Å². The summed E-state index contributed by atoms with van der Waals surface area (Å²) in [6, 6.07) is 8.66. The normalized spacial score (nSPS) is 18.1. The molecule has 2 aliphatic rings. The number of aromatic nitrogens is 2. The first kappa shape index (κ1) is 29.0. The Morgan fingerprint density at radius 3 is 2.59 bits per heavy atom. The molecule has 218 valence electrons. The number of pyridine rings is 2. The average molecular weight is 577 g/mol. The van der Waals surface area contributed by atoms with Crippen molar-refractivity contribution >= 4 is 41.8 Å². The third-order valence-corrected chi connectivity index (χ3v) is 11.9. The minimum atomic E-state index is -2.07. The van der Waals surface area contributed by atoms with E-state index in [2.05, 4.69) is 33.9 Å². The van der Waals surface area contributed by atoms with E-state index >= 15 is 0 Å². The minimum absolute atomic E-state index is 0.0502. The van der Waals surface area contributed by atoms with Crippen molar-refractivity contribution in [2.75, 3.05) is 12.3 Å². The summed E-state index contributed by atoms with van der Waals surface area (Å²) in [6.07, 6.45) is 1.14. The smallest absolute Gasteiger partial charge is 0.355 e. The second-order valence-corrected chi connectivity index (χ2v) is 17.9. The van der Waals surface area contributed by atoms with Crippen molar-refractivity contribution in [2.45, 2.75) is 84.8 Å². The number of carbonyl (C=O) groups excluding carboxylic acids is 2. The Hall–Kier alpha value is -3.50. The fraction of sp³-hybridized carbons (Fsp3) is 0.484. The molecular weight excluding hydrogens is 536 g/mol. The van der Waals surface area contributed by atoms with E-state index in [-0.39, 0.29) is 37.0 Å². The van der Waals surface area contributed by atoms with Gasteiger partial charge < -0.3 is 25.5 Å². The highest BCUT2D eigenvalue weighted by molar-refractivity contribution is 6.91. The van der Waals surface area contributed by atoms with Gasteiger partial charge in [-0.25, -0.2) is 9.78 Å². The molecule has 2 aromatic heterocycles. The lowest BCUT2D eigenvalue weighted by molar-refractivity contribution is -0.189. The molecule has 0 amide bonds. The summed E-state index contributed by atoms with van der Waals surface area (Å²) < 4.78 is 12.9. The predicted molar refractivity (Wildman–Crippen MR) is 162 cm³/mol. The summed E-state index contributed by atoms with van der Waals surface area (Å²) in [6.45, 7) is 13.5. The van der Waals surface area contributed by atoms with Gasteiger partial charge in [-0.15, -0.1) is 0 Å². The number of rotatable bonds is 7. The van der Waals surface area contributed by atoms with Gasteiger partial charge in [0.15, 0.2) is 0 Å². The number of anilines is 1. The van der Waals surface area contributed by atoms with Crippen LogP contribution in [0.3, 0.4) is 0 Å². The third kappa shape index (κ3) is 4.86. The SMILES string of the molecule is CC[C@@]1(OC(=O)CCN)C(=O)OCc2c1cc1n(c2=O)Cc2c-1nc1ccc(N)cc1c2[Si](C)(C)CCC(C)(C)C. The Bertz CT molecular complexity index is 1640. The Kier molecular flexibility index (Phi) is 7.14. The van der Waals surface area contributed by atoms with Crippen LogP contribution in [0.15, 0.2) is 29.1 Å². The number of nitrogen functional groups attached to an aromatic ring is 1. The van der Waals surface area contributed by atoms with Gasteiger partial charge in [0.25, 0.3) is 5.56 Å². The fourth-order valence-electron chi connectivity index (χ4n) is 6.20. The van der Waals surface area contributed by atoms with Crippen molar-refractivity contribution in [1.82, 2.24) is 9.55 Å². The minimum Gasteiger partial charge on any atom is -0.457 e. The molecule has 0 saturated carbocycles. The number of cyclic esters (lactones) is 1. The molecule has 5 rings (SSSR count). The van der Waals surface area contributed by atoms with Crippen molar-refractivity contribution in [3.05, 3.63) is 51.3 Å². The van der Waals surface area contributed by atoms with Crippen LogP contribution in [-0.4, -0.2) is 36.1 Å². The van der Waals surface area contributed by atoms with Crippen LogP contribution in [0.4, 0.5) is 5.69 Å². The van der Waals surface area contributed by atoms with E-state index in [4.69, 9.17) is 25.9 Å². The van der Waals surface area contributed by atoms with Gasteiger partial charge in [-0.05, 0) is 46.9 Å². The summed E-state index contributed by atoms with van der Waals surface area (Å²) in [5.41, 5.74) is 14.6. The predicted octanol–water partition coefficient (Wildman–Crippen LogP) is 3.91. The molecule has 3 aromatic rings. The van der Waals surface area contributed by atoms with E-state index in [1.54, 1.807) is 11.5 Å². The summed E-state index contributed by atoms with van der Waals surface area (Å²) in [4.78, 5) is 44.9. The van der Waals surface area contributed by atoms with Crippen LogP contribution in [0.1, 0.15) is 63.6 Å². The van der Waals surface area contributed by atoms with Crippen molar-refractivity contribution in [1.29, 1.82) is 0 Å². The van der Waals surface area contributed by atoms with Gasteiger partial charge in [0.05, 0.1) is 43.5 Å². The number of hydrogen-bond acceptors (Lipinski definition) is 8. The molecule has 4 N–H and O–H groups in total. The number of nitrogens with zero attached hydrogens (tertiary/aromatic N) is 2. The number of benzene rings is 1. The molecule has 41 heavy (non-hydrogen) atoms. The molecule has 0 unspecified atom stereocenters. The van der Waals surface area contributed by atoms with E-state index in [1.807, 2.05) is 24.3 Å². The Labute approximate surface area is 241 Å². The zero-order valence-electron chi connectivity index (χ0n) is 24.8. The van der Waals surface area contributed by atoms with E-state index in [1.165, 1.54) is 5.19 Å². The lowest BCUT2D eigenvalue weighted by Crippen LogP contribution is -2.47.